The number of nitrogens with one attached hydrogen (secondary N) is 1. The van der Waals surface area contributed by atoms with Crippen molar-refractivity contribution >= 4 is 45.9 Å². The lowest BCUT2D eigenvalue weighted by Crippen LogP contribution is -2.29. The largest absolute Gasteiger partial charge is 0.492 e. The van der Waals surface area contributed by atoms with E-state index < -0.39 is 7.12 Å². The lowest BCUT2D eigenvalue weighted by atomic mass is 9.79. The Hall–Kier alpha value is -4.32. The minimum absolute atomic E-state index is 0.350. The Balaban J connectivity index is 1.52. The first kappa shape index (κ1) is 22.2. The van der Waals surface area contributed by atoms with E-state index in [1.807, 2.05) is 36.4 Å². The number of benzene rings is 5. The third-order valence-corrected chi connectivity index (χ3v) is 6.66. The summed E-state index contributed by atoms with van der Waals surface area (Å²) in [6.45, 7) is 2.12. The Morgan fingerprint density at radius 3 is 2.11 bits per heavy atom. The average molecular weight is 469 g/mol. The first-order valence-corrected chi connectivity index (χ1v) is 11.9. The summed E-state index contributed by atoms with van der Waals surface area (Å²) in [6, 6.07) is 36.5. The van der Waals surface area contributed by atoms with Gasteiger partial charge in [-0.05, 0) is 47.4 Å². The molecule has 6 aromatic rings. The summed E-state index contributed by atoms with van der Waals surface area (Å²) in [6.07, 6.45) is 0. The zero-order valence-corrected chi connectivity index (χ0v) is 19.8. The molecule has 1 aromatic heterocycles. The van der Waals surface area contributed by atoms with Crippen LogP contribution in [0.1, 0.15) is 5.56 Å². The molecule has 5 heteroatoms. The van der Waals surface area contributed by atoms with Crippen LogP contribution in [0.2, 0.25) is 0 Å². The van der Waals surface area contributed by atoms with Crippen molar-refractivity contribution in [3.05, 3.63) is 115 Å². The summed E-state index contributed by atoms with van der Waals surface area (Å²) < 4.78 is 6.23. The van der Waals surface area contributed by atoms with Gasteiger partial charge in [0.2, 0.25) is 0 Å². The highest BCUT2D eigenvalue weighted by Gasteiger charge is 2.20. The first-order valence-electron chi connectivity index (χ1n) is 11.9. The molecule has 0 unspecified atom stereocenters. The molecule has 1 heterocycles. The fourth-order valence-corrected chi connectivity index (χ4v) is 4.85. The monoisotopic (exact) mass is 469 g/mol. The van der Waals surface area contributed by atoms with Crippen LogP contribution < -0.4 is 10.8 Å². The van der Waals surface area contributed by atoms with E-state index in [1.165, 1.54) is 5.56 Å². The molecule has 0 fully saturated rings. The smallest absolute Gasteiger partial charge is 0.454 e. The molecule has 0 saturated carbocycles. The van der Waals surface area contributed by atoms with Gasteiger partial charge in [0, 0.05) is 27.5 Å². The van der Waals surface area contributed by atoms with Gasteiger partial charge in [0.1, 0.15) is 5.58 Å². The van der Waals surface area contributed by atoms with Crippen LogP contribution in [0.25, 0.3) is 44.2 Å². The van der Waals surface area contributed by atoms with Gasteiger partial charge in [-0.3, -0.25) is 0 Å². The van der Waals surface area contributed by atoms with Crippen molar-refractivity contribution in [1.82, 2.24) is 0 Å². The molecule has 6 rings (SSSR count). The molecule has 36 heavy (non-hydrogen) atoms. The van der Waals surface area contributed by atoms with E-state index in [2.05, 4.69) is 79.0 Å². The molecule has 0 bridgehead atoms. The summed E-state index contributed by atoms with van der Waals surface area (Å²) >= 11 is 0. The number of para-hydroxylation sites is 2. The second-order valence-corrected chi connectivity index (χ2v) is 8.95. The van der Waals surface area contributed by atoms with E-state index in [1.54, 1.807) is 6.07 Å². The SMILES string of the molecule is Cc1ccccc1-c1cc(-c2ccccc2)ccc1Nc1cccc2c1oc1c(B(O)O)cccc12. The third kappa shape index (κ3) is 3.85. The molecule has 5 aromatic carbocycles. The van der Waals surface area contributed by atoms with Crippen LogP contribution in [0.5, 0.6) is 0 Å². The van der Waals surface area contributed by atoms with Gasteiger partial charge in [-0.25, -0.2) is 0 Å². The van der Waals surface area contributed by atoms with E-state index in [0.29, 0.717) is 16.6 Å². The van der Waals surface area contributed by atoms with E-state index >= 15 is 0 Å². The van der Waals surface area contributed by atoms with Gasteiger partial charge in [0.25, 0.3) is 0 Å². The number of furan rings is 1. The molecule has 0 spiro atoms. The molecule has 0 aliphatic heterocycles. The van der Waals surface area contributed by atoms with E-state index in [9.17, 15) is 10.0 Å². The Labute approximate surface area is 209 Å². The number of anilines is 2. The molecule has 0 aliphatic rings. The minimum atomic E-state index is -1.61. The van der Waals surface area contributed by atoms with Gasteiger partial charge in [-0.15, -0.1) is 0 Å². The van der Waals surface area contributed by atoms with E-state index in [0.717, 1.165) is 44.4 Å². The number of rotatable bonds is 5. The third-order valence-electron chi connectivity index (χ3n) is 6.66. The first-order chi connectivity index (χ1) is 17.6. The Morgan fingerprint density at radius 2 is 1.33 bits per heavy atom. The maximum atomic E-state index is 9.84. The van der Waals surface area contributed by atoms with Gasteiger partial charge in [0.15, 0.2) is 5.58 Å². The van der Waals surface area contributed by atoms with E-state index in [-0.39, 0.29) is 0 Å². The van der Waals surface area contributed by atoms with Crippen molar-refractivity contribution in [1.29, 1.82) is 0 Å². The van der Waals surface area contributed by atoms with Crippen molar-refractivity contribution in [3.8, 4) is 22.3 Å². The van der Waals surface area contributed by atoms with E-state index in [4.69, 9.17) is 4.42 Å². The van der Waals surface area contributed by atoms with Crippen LogP contribution >= 0.6 is 0 Å². The fourth-order valence-electron chi connectivity index (χ4n) is 4.85. The van der Waals surface area contributed by atoms with Gasteiger partial charge in [0.05, 0.1) is 5.69 Å². The van der Waals surface area contributed by atoms with Crippen molar-refractivity contribution in [2.45, 2.75) is 6.92 Å². The van der Waals surface area contributed by atoms with Gasteiger partial charge >= 0.3 is 7.12 Å². The Kier molecular flexibility index (Phi) is 5.57. The summed E-state index contributed by atoms with van der Waals surface area (Å²) in [5.41, 5.74) is 9.00. The zero-order valence-electron chi connectivity index (χ0n) is 19.8. The topological polar surface area (TPSA) is 65.6 Å². The predicted molar refractivity (Wildman–Crippen MR) is 149 cm³/mol. The number of hydrogen-bond donors (Lipinski definition) is 3. The predicted octanol–water partition coefficient (Wildman–Crippen LogP) is 6.65. The van der Waals surface area contributed by atoms with Crippen molar-refractivity contribution in [2.75, 3.05) is 5.32 Å². The normalized spacial score (nSPS) is 11.2. The molecule has 0 amide bonds. The van der Waals surface area contributed by atoms with Gasteiger partial charge in [-0.1, -0.05) is 91.0 Å². The maximum absolute atomic E-state index is 9.84. The summed E-state index contributed by atoms with van der Waals surface area (Å²) in [5.74, 6) is 0. The molecule has 4 nitrogen and oxygen atoms in total. The van der Waals surface area contributed by atoms with Crippen LogP contribution in [0.3, 0.4) is 0 Å². The van der Waals surface area contributed by atoms with Gasteiger partial charge in [-0.2, -0.15) is 0 Å². The molecule has 174 valence electrons. The molecule has 0 atom stereocenters. The highest BCUT2D eigenvalue weighted by molar-refractivity contribution is 6.61. The van der Waals surface area contributed by atoms with Crippen molar-refractivity contribution < 1.29 is 14.5 Å². The van der Waals surface area contributed by atoms with Crippen LogP contribution in [-0.2, 0) is 0 Å². The second kappa shape index (κ2) is 9.04. The molecular weight excluding hydrogens is 445 g/mol. The number of fused-ring (bicyclic) bond motifs is 3. The maximum Gasteiger partial charge on any atom is 0.492 e. The minimum Gasteiger partial charge on any atom is -0.454 e. The lowest BCUT2D eigenvalue weighted by Gasteiger charge is -2.16. The second-order valence-electron chi connectivity index (χ2n) is 8.95. The molecule has 0 aliphatic carbocycles. The van der Waals surface area contributed by atoms with Crippen LogP contribution in [0.15, 0.2) is 114 Å². The lowest BCUT2D eigenvalue weighted by molar-refractivity contribution is 0.425. The highest BCUT2D eigenvalue weighted by atomic mass is 16.4. The number of aryl methyl sites for hydroxylation is 1. The number of hydrogen-bond acceptors (Lipinski definition) is 4. The average Bonchev–Trinajstić information content (AvgIpc) is 3.30. The fraction of sp³-hybridized carbons (Fsp3) is 0.0323. The molecule has 3 N–H and O–H groups in total. The standard InChI is InChI=1S/C31H24BNO3/c1-20-9-5-6-12-23(20)26-19-22(21-10-3-2-4-11-21)17-18-28(26)33-29-16-8-14-25-24-13-7-15-27(32(34)35)30(24)36-31(25)29/h2-19,33-35H,1H3. The summed E-state index contributed by atoms with van der Waals surface area (Å²) in [7, 11) is -1.61. The zero-order chi connectivity index (χ0) is 24.6. The Morgan fingerprint density at radius 1 is 0.611 bits per heavy atom. The van der Waals surface area contributed by atoms with Crippen molar-refractivity contribution in [2.24, 2.45) is 0 Å². The summed E-state index contributed by atoms with van der Waals surface area (Å²) in [4.78, 5) is 0. The van der Waals surface area contributed by atoms with Crippen LogP contribution in [0, 0.1) is 6.92 Å². The Bertz CT molecular complexity index is 1710. The quantitative estimate of drug-likeness (QED) is 0.247. The molecular formula is C31H24BNO3. The van der Waals surface area contributed by atoms with Crippen LogP contribution in [-0.4, -0.2) is 17.2 Å². The summed E-state index contributed by atoms with van der Waals surface area (Å²) in [5, 5.41) is 25.0. The van der Waals surface area contributed by atoms with Crippen molar-refractivity contribution in [3.63, 3.8) is 0 Å². The molecule has 0 radical (unpaired) electrons. The van der Waals surface area contributed by atoms with Gasteiger partial charge < -0.3 is 19.8 Å². The van der Waals surface area contributed by atoms with Crippen LogP contribution in [0.4, 0.5) is 11.4 Å². The highest BCUT2D eigenvalue weighted by Crippen LogP contribution is 2.39. The molecule has 0 saturated heterocycles.